The Balaban J connectivity index is 2.21. The Hall–Kier alpha value is -1.31. The second-order valence-corrected chi connectivity index (χ2v) is 4.38. The van der Waals surface area contributed by atoms with E-state index in [-0.39, 0.29) is 0 Å². The Morgan fingerprint density at radius 3 is 2.40 bits per heavy atom. The van der Waals surface area contributed by atoms with E-state index in [0.717, 1.165) is 19.3 Å². The number of benzene rings is 1. The summed E-state index contributed by atoms with van der Waals surface area (Å²) in [7, 11) is 0. The zero-order chi connectivity index (χ0) is 10.9. The third kappa shape index (κ3) is 1.89. The lowest BCUT2D eigenvalue weighted by molar-refractivity contribution is -0.143. The highest BCUT2D eigenvalue weighted by Crippen LogP contribution is 2.48. The van der Waals surface area contributed by atoms with Crippen molar-refractivity contribution in [3.05, 3.63) is 35.4 Å². The topological polar surface area (TPSA) is 37.3 Å². The molecule has 1 aliphatic carbocycles. The van der Waals surface area contributed by atoms with Gasteiger partial charge < -0.3 is 5.11 Å². The van der Waals surface area contributed by atoms with Crippen LogP contribution in [0.25, 0.3) is 0 Å². The summed E-state index contributed by atoms with van der Waals surface area (Å²) in [6.07, 6.45) is 3.35. The first-order valence-electron chi connectivity index (χ1n) is 5.48. The van der Waals surface area contributed by atoms with Crippen molar-refractivity contribution in [2.45, 2.75) is 32.6 Å². The van der Waals surface area contributed by atoms with Gasteiger partial charge in [0, 0.05) is 0 Å². The number of carboxylic acid groups (broad SMARTS) is 1. The zero-order valence-corrected chi connectivity index (χ0v) is 8.99. The summed E-state index contributed by atoms with van der Waals surface area (Å²) < 4.78 is 0. The second-order valence-electron chi connectivity index (χ2n) is 4.38. The van der Waals surface area contributed by atoms with Gasteiger partial charge in [0.15, 0.2) is 0 Å². The molecule has 0 amide bonds. The molecule has 2 rings (SSSR count). The van der Waals surface area contributed by atoms with E-state index in [0.29, 0.717) is 6.42 Å². The van der Waals surface area contributed by atoms with Crippen molar-refractivity contribution in [3.63, 3.8) is 0 Å². The van der Waals surface area contributed by atoms with Crippen LogP contribution in [0, 0.1) is 5.41 Å². The molecule has 15 heavy (non-hydrogen) atoms. The highest BCUT2D eigenvalue weighted by Gasteiger charge is 2.50. The Morgan fingerprint density at radius 1 is 1.33 bits per heavy atom. The van der Waals surface area contributed by atoms with Crippen LogP contribution in [-0.2, 0) is 17.6 Å². The van der Waals surface area contributed by atoms with E-state index >= 15 is 0 Å². The van der Waals surface area contributed by atoms with Gasteiger partial charge in [-0.2, -0.15) is 0 Å². The molecule has 0 spiro atoms. The summed E-state index contributed by atoms with van der Waals surface area (Å²) in [5.74, 6) is -0.631. The maximum absolute atomic E-state index is 11.1. The molecule has 80 valence electrons. The smallest absolute Gasteiger partial charge is 0.309 e. The van der Waals surface area contributed by atoms with Gasteiger partial charge >= 0.3 is 5.97 Å². The molecule has 1 aromatic rings. The quantitative estimate of drug-likeness (QED) is 0.818. The first kappa shape index (κ1) is 10.2. The van der Waals surface area contributed by atoms with Crippen LogP contribution in [0.4, 0.5) is 0 Å². The zero-order valence-electron chi connectivity index (χ0n) is 8.99. The highest BCUT2D eigenvalue weighted by molar-refractivity contribution is 5.78. The molecule has 0 radical (unpaired) electrons. The molecule has 0 unspecified atom stereocenters. The minimum absolute atomic E-state index is 0.439. The molecule has 0 aliphatic heterocycles. The molecule has 2 heteroatoms. The Labute approximate surface area is 89.9 Å². The fraction of sp³-hybridized carbons (Fsp3) is 0.462. The largest absolute Gasteiger partial charge is 0.481 e. The van der Waals surface area contributed by atoms with Gasteiger partial charge in [0.1, 0.15) is 0 Å². The van der Waals surface area contributed by atoms with Crippen LogP contribution < -0.4 is 0 Å². The minimum Gasteiger partial charge on any atom is -0.481 e. The maximum atomic E-state index is 11.1. The third-order valence-electron chi connectivity index (χ3n) is 3.34. The third-order valence-corrected chi connectivity index (χ3v) is 3.34. The predicted molar refractivity (Wildman–Crippen MR) is 58.8 cm³/mol. The van der Waals surface area contributed by atoms with Gasteiger partial charge in [0.2, 0.25) is 0 Å². The molecule has 0 atom stereocenters. The lowest BCUT2D eigenvalue weighted by Crippen LogP contribution is -2.18. The summed E-state index contributed by atoms with van der Waals surface area (Å²) >= 11 is 0. The number of hydrogen-bond acceptors (Lipinski definition) is 1. The lowest BCUT2D eigenvalue weighted by Gasteiger charge is -2.12. The first-order valence-corrected chi connectivity index (χ1v) is 5.48. The summed E-state index contributed by atoms with van der Waals surface area (Å²) in [5.41, 5.74) is 2.05. The standard InChI is InChI=1S/C13H16O2/c1-2-10-5-3-4-6-11(10)9-13(7-8-13)12(14)15/h3-6H,2,7-9H2,1H3,(H,14,15). The second kappa shape index (κ2) is 3.69. The van der Waals surface area contributed by atoms with Crippen molar-refractivity contribution in [2.24, 2.45) is 5.41 Å². The van der Waals surface area contributed by atoms with E-state index in [1.165, 1.54) is 11.1 Å². The van der Waals surface area contributed by atoms with E-state index in [1.807, 2.05) is 12.1 Å². The molecule has 1 N–H and O–H groups in total. The number of carbonyl (C=O) groups is 1. The summed E-state index contributed by atoms with van der Waals surface area (Å²) in [5, 5.41) is 9.13. The molecule has 0 saturated heterocycles. The number of rotatable bonds is 4. The normalized spacial score (nSPS) is 17.4. The van der Waals surface area contributed by atoms with Gasteiger partial charge in [-0.25, -0.2) is 0 Å². The van der Waals surface area contributed by atoms with Gasteiger partial charge in [-0.05, 0) is 36.8 Å². The fourth-order valence-electron chi connectivity index (χ4n) is 2.06. The van der Waals surface area contributed by atoms with Crippen molar-refractivity contribution >= 4 is 5.97 Å². The molecule has 2 nitrogen and oxygen atoms in total. The number of carboxylic acids is 1. The van der Waals surface area contributed by atoms with E-state index in [1.54, 1.807) is 0 Å². The SMILES string of the molecule is CCc1ccccc1CC1(C(=O)O)CC1. The van der Waals surface area contributed by atoms with Crippen molar-refractivity contribution in [1.29, 1.82) is 0 Å². The first-order chi connectivity index (χ1) is 7.18. The molecule has 0 aromatic heterocycles. The predicted octanol–water partition coefficient (Wildman–Crippen LogP) is 2.66. The average molecular weight is 204 g/mol. The molecule has 0 bridgehead atoms. The summed E-state index contributed by atoms with van der Waals surface area (Å²) in [6.45, 7) is 2.11. The van der Waals surface area contributed by atoms with Crippen molar-refractivity contribution < 1.29 is 9.90 Å². The highest BCUT2D eigenvalue weighted by atomic mass is 16.4. The summed E-state index contributed by atoms with van der Waals surface area (Å²) in [6, 6.07) is 8.16. The van der Waals surface area contributed by atoms with Gasteiger partial charge in [0.25, 0.3) is 0 Å². The van der Waals surface area contributed by atoms with E-state index in [9.17, 15) is 4.79 Å². The Kier molecular flexibility index (Phi) is 2.51. The number of aryl methyl sites for hydroxylation is 1. The molecule has 0 heterocycles. The molecule has 1 fully saturated rings. The molecular formula is C13H16O2. The molecule has 1 aliphatic rings. The van der Waals surface area contributed by atoms with Crippen LogP contribution in [0.2, 0.25) is 0 Å². The van der Waals surface area contributed by atoms with Crippen molar-refractivity contribution in [2.75, 3.05) is 0 Å². The van der Waals surface area contributed by atoms with Crippen LogP contribution in [-0.4, -0.2) is 11.1 Å². The lowest BCUT2D eigenvalue weighted by atomic mass is 9.92. The molecule has 1 aromatic carbocycles. The summed E-state index contributed by atoms with van der Waals surface area (Å²) in [4.78, 5) is 11.1. The van der Waals surface area contributed by atoms with Gasteiger partial charge in [-0.3, -0.25) is 4.79 Å². The average Bonchev–Trinajstić information content (AvgIpc) is 3.00. The van der Waals surface area contributed by atoms with Crippen molar-refractivity contribution in [1.82, 2.24) is 0 Å². The van der Waals surface area contributed by atoms with E-state index < -0.39 is 11.4 Å². The van der Waals surface area contributed by atoms with Crippen LogP contribution in [0.15, 0.2) is 24.3 Å². The Morgan fingerprint density at radius 2 is 1.93 bits per heavy atom. The van der Waals surface area contributed by atoms with Crippen LogP contribution in [0.1, 0.15) is 30.9 Å². The maximum Gasteiger partial charge on any atom is 0.309 e. The molecule has 1 saturated carbocycles. The van der Waals surface area contributed by atoms with E-state index in [4.69, 9.17) is 5.11 Å². The minimum atomic E-state index is -0.631. The van der Waals surface area contributed by atoms with Crippen molar-refractivity contribution in [3.8, 4) is 0 Å². The van der Waals surface area contributed by atoms with E-state index in [2.05, 4.69) is 19.1 Å². The van der Waals surface area contributed by atoms with Gasteiger partial charge in [0.05, 0.1) is 5.41 Å². The van der Waals surface area contributed by atoms with Crippen LogP contribution in [0.3, 0.4) is 0 Å². The number of aliphatic carboxylic acids is 1. The molecular weight excluding hydrogens is 188 g/mol. The van der Waals surface area contributed by atoms with Gasteiger partial charge in [-0.15, -0.1) is 0 Å². The monoisotopic (exact) mass is 204 g/mol. The van der Waals surface area contributed by atoms with Gasteiger partial charge in [-0.1, -0.05) is 31.2 Å². The number of hydrogen-bond donors (Lipinski definition) is 1. The Bertz CT molecular complexity index is 378. The fourth-order valence-corrected chi connectivity index (χ4v) is 2.06. The van der Waals surface area contributed by atoms with Crippen LogP contribution >= 0.6 is 0 Å². The van der Waals surface area contributed by atoms with Crippen LogP contribution in [0.5, 0.6) is 0 Å².